The number of esters is 1. The number of benzene rings is 1. The Kier molecular flexibility index (Phi) is 6.49. The van der Waals surface area contributed by atoms with Crippen molar-refractivity contribution >= 4 is 27.5 Å². The molecule has 3 aromatic rings. The van der Waals surface area contributed by atoms with Gasteiger partial charge >= 0.3 is 5.97 Å². The van der Waals surface area contributed by atoms with E-state index < -0.39 is 0 Å². The molecule has 1 aromatic carbocycles. The first-order valence-corrected chi connectivity index (χ1v) is 10.5. The quantitative estimate of drug-likeness (QED) is 0.552. The fraction of sp³-hybridized carbons (Fsp3) is 0.409. The Balaban J connectivity index is 1.98. The maximum absolute atomic E-state index is 13.3. The summed E-state index contributed by atoms with van der Waals surface area (Å²) in [6.07, 6.45) is 0.790. The summed E-state index contributed by atoms with van der Waals surface area (Å²) in [5, 5.41) is 0.703. The third-order valence-corrected chi connectivity index (χ3v) is 5.89. The highest BCUT2D eigenvalue weighted by Gasteiger charge is 2.17. The van der Waals surface area contributed by atoms with E-state index >= 15 is 0 Å². The van der Waals surface area contributed by atoms with Crippen LogP contribution in [0, 0.1) is 13.8 Å². The van der Waals surface area contributed by atoms with E-state index in [0.29, 0.717) is 30.6 Å². The zero-order chi connectivity index (χ0) is 21.1. The molecule has 0 aliphatic carbocycles. The van der Waals surface area contributed by atoms with Crippen molar-refractivity contribution in [3.8, 4) is 0 Å². The maximum atomic E-state index is 13.3. The summed E-state index contributed by atoms with van der Waals surface area (Å²) < 4.78 is 6.91. The number of aryl methyl sites for hydroxylation is 2. The Morgan fingerprint density at radius 2 is 1.90 bits per heavy atom. The van der Waals surface area contributed by atoms with Crippen molar-refractivity contribution in [2.24, 2.45) is 0 Å². The van der Waals surface area contributed by atoms with Crippen LogP contribution in [0.2, 0.25) is 0 Å². The molecule has 154 valence electrons. The average molecular weight is 414 g/mol. The van der Waals surface area contributed by atoms with Crippen LogP contribution in [0.1, 0.15) is 45.5 Å². The van der Waals surface area contributed by atoms with Crippen LogP contribution in [0.25, 0.3) is 10.2 Å². The van der Waals surface area contributed by atoms with Gasteiger partial charge in [0.25, 0.3) is 5.56 Å². The number of ether oxygens (including phenoxy) is 1. The van der Waals surface area contributed by atoms with Crippen LogP contribution in [0.15, 0.2) is 29.1 Å². The highest BCUT2D eigenvalue weighted by atomic mass is 32.1. The normalized spacial score (nSPS) is 11.4. The molecular formula is C22H27N3O3S. The molecule has 0 saturated heterocycles. The Morgan fingerprint density at radius 1 is 1.21 bits per heavy atom. The summed E-state index contributed by atoms with van der Waals surface area (Å²) in [4.78, 5) is 34.0. The SMILES string of the molecule is CCCOC(=O)c1ccc(Cn2c(CN(C)C)nc3sc(C)c(C)c3c2=O)cc1. The fourth-order valence-electron chi connectivity index (χ4n) is 3.14. The third kappa shape index (κ3) is 4.57. The highest BCUT2D eigenvalue weighted by Crippen LogP contribution is 2.26. The van der Waals surface area contributed by atoms with E-state index in [2.05, 4.69) is 0 Å². The van der Waals surface area contributed by atoms with Gasteiger partial charge in [0, 0.05) is 4.88 Å². The van der Waals surface area contributed by atoms with Crippen LogP contribution >= 0.6 is 11.3 Å². The highest BCUT2D eigenvalue weighted by molar-refractivity contribution is 7.18. The minimum atomic E-state index is -0.323. The number of carbonyl (C=O) groups excluding carboxylic acids is 1. The molecule has 6 nitrogen and oxygen atoms in total. The second-order valence-corrected chi connectivity index (χ2v) is 8.66. The first kappa shape index (κ1) is 21.2. The van der Waals surface area contributed by atoms with Gasteiger partial charge in [0.05, 0.1) is 30.6 Å². The molecular weight excluding hydrogens is 386 g/mol. The predicted octanol–water partition coefficient (Wildman–Crippen LogP) is 3.75. The lowest BCUT2D eigenvalue weighted by Gasteiger charge is -2.16. The fourth-order valence-corrected chi connectivity index (χ4v) is 4.18. The van der Waals surface area contributed by atoms with E-state index in [-0.39, 0.29) is 11.5 Å². The van der Waals surface area contributed by atoms with E-state index in [4.69, 9.17) is 9.72 Å². The van der Waals surface area contributed by atoms with Crippen LogP contribution in [-0.4, -0.2) is 41.1 Å². The van der Waals surface area contributed by atoms with Crippen LogP contribution in [0.3, 0.4) is 0 Å². The van der Waals surface area contributed by atoms with Gasteiger partial charge in [-0.1, -0.05) is 19.1 Å². The number of hydrogen-bond donors (Lipinski definition) is 0. The number of nitrogens with zero attached hydrogens (tertiary/aromatic N) is 3. The molecule has 0 aliphatic heterocycles. The standard InChI is InChI=1S/C22H27N3O3S/c1-6-11-28-22(27)17-9-7-16(8-10-17)12-25-18(13-24(4)5)23-20-19(21(25)26)14(2)15(3)29-20/h7-10H,6,11-13H2,1-5H3. The van der Waals surface area contributed by atoms with Crippen LogP contribution in [0.5, 0.6) is 0 Å². The summed E-state index contributed by atoms with van der Waals surface area (Å²) in [5.74, 6) is 0.413. The third-order valence-electron chi connectivity index (χ3n) is 4.79. The summed E-state index contributed by atoms with van der Waals surface area (Å²) in [6.45, 7) is 7.35. The minimum absolute atomic E-state index is 0.0138. The van der Waals surface area contributed by atoms with Gasteiger partial charge in [-0.2, -0.15) is 0 Å². The van der Waals surface area contributed by atoms with Crippen molar-refractivity contribution in [2.45, 2.75) is 40.3 Å². The second kappa shape index (κ2) is 8.88. The number of carbonyl (C=O) groups is 1. The molecule has 2 heterocycles. The van der Waals surface area contributed by atoms with E-state index in [0.717, 1.165) is 33.1 Å². The lowest BCUT2D eigenvalue weighted by molar-refractivity contribution is 0.0505. The van der Waals surface area contributed by atoms with E-state index in [1.165, 1.54) is 0 Å². The Hall–Kier alpha value is -2.51. The predicted molar refractivity (Wildman–Crippen MR) is 117 cm³/mol. The van der Waals surface area contributed by atoms with Crippen LogP contribution in [-0.2, 0) is 17.8 Å². The Morgan fingerprint density at radius 3 is 2.52 bits per heavy atom. The van der Waals surface area contributed by atoms with Gasteiger partial charge in [-0.15, -0.1) is 11.3 Å². The van der Waals surface area contributed by atoms with E-state index in [1.54, 1.807) is 28.0 Å². The minimum Gasteiger partial charge on any atom is -0.462 e. The van der Waals surface area contributed by atoms with Crippen LogP contribution in [0.4, 0.5) is 0 Å². The summed E-state index contributed by atoms with van der Waals surface area (Å²) in [5.41, 5.74) is 2.44. The van der Waals surface area contributed by atoms with Crippen molar-refractivity contribution < 1.29 is 9.53 Å². The molecule has 0 spiro atoms. The molecule has 0 amide bonds. The van der Waals surface area contributed by atoms with Crippen molar-refractivity contribution in [3.63, 3.8) is 0 Å². The molecule has 0 atom stereocenters. The number of thiophene rings is 1. The average Bonchev–Trinajstić information content (AvgIpc) is 2.96. The summed E-state index contributed by atoms with van der Waals surface area (Å²) in [7, 11) is 3.92. The Labute approximate surface area is 174 Å². The molecule has 29 heavy (non-hydrogen) atoms. The van der Waals surface area contributed by atoms with E-state index in [1.807, 2.05) is 51.9 Å². The first-order chi connectivity index (χ1) is 13.8. The van der Waals surface area contributed by atoms with E-state index in [9.17, 15) is 9.59 Å². The summed E-state index contributed by atoms with van der Waals surface area (Å²) >= 11 is 1.57. The molecule has 0 bridgehead atoms. The molecule has 0 fully saturated rings. The zero-order valence-corrected chi connectivity index (χ0v) is 18.4. The van der Waals surface area contributed by atoms with Crippen molar-refractivity contribution in [2.75, 3.05) is 20.7 Å². The molecule has 0 aliphatic rings. The topological polar surface area (TPSA) is 64.4 Å². The maximum Gasteiger partial charge on any atom is 0.338 e. The first-order valence-electron chi connectivity index (χ1n) is 9.72. The lowest BCUT2D eigenvalue weighted by atomic mass is 10.1. The van der Waals surface area contributed by atoms with Crippen LogP contribution < -0.4 is 5.56 Å². The molecule has 7 heteroatoms. The Bertz CT molecular complexity index is 1080. The van der Waals surface area contributed by atoms with Gasteiger partial charge in [-0.3, -0.25) is 9.36 Å². The molecule has 2 aromatic heterocycles. The van der Waals surface area contributed by atoms with Gasteiger partial charge in [0.2, 0.25) is 0 Å². The monoisotopic (exact) mass is 413 g/mol. The number of hydrogen-bond acceptors (Lipinski definition) is 6. The van der Waals surface area contributed by atoms with Crippen molar-refractivity contribution in [1.82, 2.24) is 14.5 Å². The second-order valence-electron chi connectivity index (χ2n) is 7.45. The van der Waals surface area contributed by atoms with Gasteiger partial charge in [-0.25, -0.2) is 9.78 Å². The lowest BCUT2D eigenvalue weighted by Crippen LogP contribution is -2.28. The van der Waals surface area contributed by atoms with Gasteiger partial charge in [0.1, 0.15) is 10.7 Å². The zero-order valence-electron chi connectivity index (χ0n) is 17.6. The smallest absolute Gasteiger partial charge is 0.338 e. The van der Waals surface area contributed by atoms with Gasteiger partial charge in [-0.05, 0) is 57.6 Å². The van der Waals surface area contributed by atoms with Crippen molar-refractivity contribution in [1.29, 1.82) is 0 Å². The number of rotatable bonds is 7. The summed E-state index contributed by atoms with van der Waals surface area (Å²) in [6, 6.07) is 7.22. The van der Waals surface area contributed by atoms with Crippen molar-refractivity contribution in [3.05, 3.63) is 62.0 Å². The van der Waals surface area contributed by atoms with Gasteiger partial charge in [0.15, 0.2) is 0 Å². The molecule has 0 N–H and O–H groups in total. The van der Waals surface area contributed by atoms with Gasteiger partial charge < -0.3 is 9.64 Å². The molecule has 0 unspecified atom stereocenters. The largest absolute Gasteiger partial charge is 0.462 e. The molecule has 0 radical (unpaired) electrons. The number of aromatic nitrogens is 2. The molecule has 0 saturated carbocycles. The number of fused-ring (bicyclic) bond motifs is 1. The molecule has 3 rings (SSSR count).